The van der Waals surface area contributed by atoms with Crippen LogP contribution in [0.1, 0.15) is 75.7 Å². The van der Waals surface area contributed by atoms with Crippen molar-refractivity contribution in [3.05, 3.63) is 108 Å². The minimum Gasteiger partial charge on any atom is -0.469 e. The number of fused-ring (bicyclic) bond motifs is 1. The quantitative estimate of drug-likeness (QED) is 0.102. The predicted octanol–water partition coefficient (Wildman–Crippen LogP) is 5.62. The van der Waals surface area contributed by atoms with E-state index in [0.717, 1.165) is 62.2 Å². The van der Waals surface area contributed by atoms with Crippen LogP contribution in [0.15, 0.2) is 89.4 Å². The summed E-state index contributed by atoms with van der Waals surface area (Å²) >= 11 is 1.58. The highest BCUT2D eigenvalue weighted by Crippen LogP contribution is 2.30. The highest BCUT2D eigenvalue weighted by molar-refractivity contribution is 7.13. The number of thiazole rings is 1. The molecule has 0 radical (unpaired) electrons. The molecular formula is C49H58N10O6S. The Hall–Kier alpha value is -6.46. The number of benzene rings is 2. The summed E-state index contributed by atoms with van der Waals surface area (Å²) in [6.45, 7) is 10.4. The van der Waals surface area contributed by atoms with E-state index in [1.54, 1.807) is 23.9 Å². The normalized spacial score (nSPS) is 17.0. The fraction of sp³-hybridized carbons (Fsp3) is 0.429. The van der Waals surface area contributed by atoms with Gasteiger partial charge in [-0.15, -0.1) is 21.5 Å². The number of rotatable bonds is 16. The van der Waals surface area contributed by atoms with Gasteiger partial charge in [0.2, 0.25) is 23.6 Å². The molecule has 0 saturated carbocycles. The molecular weight excluding hydrogens is 857 g/mol. The van der Waals surface area contributed by atoms with E-state index in [1.165, 1.54) is 4.90 Å². The van der Waals surface area contributed by atoms with Gasteiger partial charge >= 0.3 is 0 Å². The smallest absolute Gasteiger partial charge is 0.246 e. The molecule has 16 nitrogen and oxygen atoms in total. The summed E-state index contributed by atoms with van der Waals surface area (Å²) in [6.07, 6.45) is 7.39. The Morgan fingerprint density at radius 3 is 2.36 bits per heavy atom. The van der Waals surface area contributed by atoms with Gasteiger partial charge in [0.05, 0.1) is 28.4 Å². The van der Waals surface area contributed by atoms with Gasteiger partial charge in [-0.3, -0.25) is 23.6 Å². The summed E-state index contributed by atoms with van der Waals surface area (Å²) in [5, 5.41) is 25.0. The molecule has 6 aromatic rings. The van der Waals surface area contributed by atoms with E-state index >= 15 is 0 Å². The highest BCUT2D eigenvalue weighted by Gasteiger charge is 2.44. The number of anilines is 1. The summed E-state index contributed by atoms with van der Waals surface area (Å²) < 4.78 is 7.41. The van der Waals surface area contributed by atoms with Gasteiger partial charge in [-0.1, -0.05) is 57.2 Å². The standard InChI is InChI=1S/C49H58N10O6S/c1-32-44(66-31-52-32)35-13-11-33(12-14-35)27-51-47(63)40-26-37(60)29-58(40)48(64)45(49(2,3)4)54-42(61)9-5-6-10-43(62)57-23-21-56(22-24-57)36-17-15-34(16-18-36)39-28-50-41(59-30-53-55-46(39)59)20-19-38-8-7-25-65-38/h7-8,11-18,25,28,30-31,37,40,45,60H,5-6,9-10,19-24,26-27,29H2,1-4H3,(H,51,63)(H,54,61)/t37-,40+,45-/m1/s1. The monoisotopic (exact) mass is 914 g/mol. The Balaban J connectivity index is 0.767. The van der Waals surface area contributed by atoms with E-state index in [4.69, 9.17) is 9.40 Å². The first kappa shape index (κ1) is 46.1. The number of aromatic nitrogens is 5. The van der Waals surface area contributed by atoms with Gasteiger partial charge in [-0.25, -0.2) is 9.97 Å². The van der Waals surface area contributed by atoms with Crippen LogP contribution in [-0.2, 0) is 38.6 Å². The van der Waals surface area contributed by atoms with Crippen LogP contribution >= 0.6 is 11.3 Å². The Kier molecular flexibility index (Phi) is 14.2. The molecule has 0 spiro atoms. The topological polar surface area (TPSA) is 191 Å². The molecule has 2 saturated heterocycles. The van der Waals surface area contributed by atoms with Gasteiger partial charge < -0.3 is 34.9 Å². The first-order valence-electron chi connectivity index (χ1n) is 22.7. The number of β-amino-alcohol motifs (C(OH)–C–C–N with tert-alkyl or cyclic N) is 1. The molecule has 6 heterocycles. The van der Waals surface area contributed by atoms with Crippen molar-refractivity contribution in [2.75, 3.05) is 37.6 Å². The minimum absolute atomic E-state index is 0.000562. The van der Waals surface area contributed by atoms with Crippen molar-refractivity contribution in [1.82, 2.24) is 45.0 Å². The minimum atomic E-state index is -0.917. The number of nitrogens with zero attached hydrogens (tertiary/aromatic N) is 8. The van der Waals surface area contributed by atoms with Gasteiger partial charge in [0, 0.05) is 88.8 Å². The largest absolute Gasteiger partial charge is 0.469 e. The average Bonchev–Trinajstić information content (AvgIpc) is 4.17. The lowest BCUT2D eigenvalue weighted by molar-refractivity contribution is -0.144. The molecule has 2 fully saturated rings. The second-order valence-corrected chi connectivity index (χ2v) is 19.1. The molecule has 4 amide bonds. The molecule has 3 N–H and O–H groups in total. The number of hydrogen-bond donors (Lipinski definition) is 3. The van der Waals surface area contributed by atoms with Crippen molar-refractivity contribution in [1.29, 1.82) is 0 Å². The van der Waals surface area contributed by atoms with E-state index in [-0.39, 0.29) is 43.7 Å². The zero-order valence-corrected chi connectivity index (χ0v) is 38.8. The zero-order valence-electron chi connectivity index (χ0n) is 38.0. The van der Waals surface area contributed by atoms with Crippen LogP contribution in [0.25, 0.3) is 27.2 Å². The molecule has 17 heteroatoms. The molecule has 66 heavy (non-hydrogen) atoms. The number of furan rings is 1. The van der Waals surface area contributed by atoms with Crippen LogP contribution in [0, 0.1) is 12.3 Å². The molecule has 346 valence electrons. The van der Waals surface area contributed by atoms with Gasteiger partial charge in [-0.2, -0.15) is 0 Å². The number of nitrogens with one attached hydrogen (secondary N) is 2. The summed E-state index contributed by atoms with van der Waals surface area (Å²) in [6, 6.07) is 18.3. The van der Waals surface area contributed by atoms with Crippen LogP contribution in [0.3, 0.4) is 0 Å². The lowest BCUT2D eigenvalue weighted by Gasteiger charge is -2.36. The number of aliphatic hydroxyl groups excluding tert-OH is 1. The Bertz CT molecular complexity index is 2610. The third-order valence-corrected chi connectivity index (χ3v) is 13.5. The number of amides is 4. The van der Waals surface area contributed by atoms with Gasteiger partial charge in [0.25, 0.3) is 0 Å². The van der Waals surface area contributed by atoms with Crippen LogP contribution < -0.4 is 15.5 Å². The fourth-order valence-corrected chi connectivity index (χ4v) is 9.56. The van der Waals surface area contributed by atoms with Crippen molar-refractivity contribution in [2.45, 2.75) is 97.4 Å². The summed E-state index contributed by atoms with van der Waals surface area (Å²) in [5.41, 5.74) is 7.77. The summed E-state index contributed by atoms with van der Waals surface area (Å²) in [5.74, 6) is 0.763. The summed E-state index contributed by atoms with van der Waals surface area (Å²) in [7, 11) is 0. The third-order valence-electron chi connectivity index (χ3n) is 12.5. The molecule has 2 aliphatic rings. The van der Waals surface area contributed by atoms with E-state index in [1.807, 2.05) is 85.1 Å². The number of hydrogen-bond acceptors (Lipinski definition) is 12. The molecule has 8 rings (SSSR count). The fourth-order valence-electron chi connectivity index (χ4n) is 8.74. The van der Waals surface area contributed by atoms with Crippen LogP contribution in [0.4, 0.5) is 5.69 Å². The molecule has 2 aromatic carbocycles. The van der Waals surface area contributed by atoms with Gasteiger partial charge in [0.1, 0.15) is 30.0 Å². The Morgan fingerprint density at radius 1 is 0.924 bits per heavy atom. The van der Waals surface area contributed by atoms with Crippen LogP contribution in [0.5, 0.6) is 0 Å². The molecule has 0 bridgehead atoms. The maximum atomic E-state index is 14.1. The molecule has 3 atom stereocenters. The number of piperazine rings is 1. The molecule has 4 aromatic heterocycles. The highest BCUT2D eigenvalue weighted by atomic mass is 32.1. The van der Waals surface area contributed by atoms with Crippen molar-refractivity contribution in [2.24, 2.45) is 5.41 Å². The van der Waals surface area contributed by atoms with Crippen molar-refractivity contribution in [3.63, 3.8) is 0 Å². The summed E-state index contributed by atoms with van der Waals surface area (Å²) in [4.78, 5) is 69.8. The first-order chi connectivity index (χ1) is 31.8. The van der Waals surface area contributed by atoms with Crippen molar-refractivity contribution < 1.29 is 28.7 Å². The van der Waals surface area contributed by atoms with Gasteiger partial charge in [-0.05, 0) is 66.1 Å². The van der Waals surface area contributed by atoms with E-state index in [2.05, 4.69) is 55.0 Å². The molecule has 0 aliphatic carbocycles. The second-order valence-electron chi connectivity index (χ2n) is 18.3. The van der Waals surface area contributed by atoms with Gasteiger partial charge in [0.15, 0.2) is 5.65 Å². The zero-order chi connectivity index (χ0) is 46.4. The number of likely N-dealkylation sites (tertiary alicyclic amines) is 1. The molecule has 0 unspecified atom stereocenters. The van der Waals surface area contributed by atoms with E-state index in [0.29, 0.717) is 51.9 Å². The number of carbonyl (C=O) groups excluding carboxylic acids is 4. The third kappa shape index (κ3) is 10.8. The number of carbonyl (C=O) groups is 4. The number of aryl methyl sites for hydroxylation is 3. The average molecular weight is 915 g/mol. The van der Waals surface area contributed by atoms with E-state index < -0.39 is 29.5 Å². The lowest BCUT2D eigenvalue weighted by atomic mass is 9.85. The maximum Gasteiger partial charge on any atom is 0.246 e. The number of aliphatic hydroxyl groups is 1. The van der Waals surface area contributed by atoms with Crippen LogP contribution in [-0.4, -0.2) is 114 Å². The lowest BCUT2D eigenvalue weighted by Crippen LogP contribution is -2.57. The van der Waals surface area contributed by atoms with Crippen molar-refractivity contribution >= 4 is 46.3 Å². The Morgan fingerprint density at radius 2 is 1.67 bits per heavy atom. The molecule has 2 aliphatic heterocycles. The number of unbranched alkanes of at least 4 members (excludes halogenated alkanes) is 1. The second kappa shape index (κ2) is 20.4. The van der Waals surface area contributed by atoms with Crippen molar-refractivity contribution in [3.8, 4) is 21.6 Å². The van der Waals surface area contributed by atoms with E-state index in [9.17, 15) is 24.3 Å². The predicted molar refractivity (Wildman–Crippen MR) is 251 cm³/mol. The Labute approximate surface area is 388 Å². The maximum absolute atomic E-state index is 14.1. The SMILES string of the molecule is Cc1ncsc1-c1ccc(CNC(=O)[C@@H]2C[C@@H](O)CN2C(=O)[C@@H](NC(=O)CCCCC(=O)N2CCN(c3ccc(-c4cnc(CCc5ccco5)n5cnnc45)cc3)CC2)C(C)(C)C)cc1. The first-order valence-corrected chi connectivity index (χ1v) is 23.6. The van der Waals surface area contributed by atoms with Crippen LogP contribution in [0.2, 0.25) is 0 Å².